The molecule has 1 aromatic carbocycles. The minimum atomic E-state index is -3.36. The molecule has 3 aromatic rings. The van der Waals surface area contributed by atoms with E-state index in [1.54, 1.807) is 42.8 Å². The lowest BCUT2D eigenvalue weighted by molar-refractivity contribution is 0.473. The van der Waals surface area contributed by atoms with Gasteiger partial charge in [0.2, 0.25) is 0 Å². The summed E-state index contributed by atoms with van der Waals surface area (Å²) in [4.78, 5) is 8.82. The third-order valence-corrected chi connectivity index (χ3v) is 5.32. The molecule has 0 bridgehead atoms. The number of fused-ring (bicyclic) bond motifs is 1. The van der Waals surface area contributed by atoms with Crippen LogP contribution in [0, 0.1) is 0 Å². The highest BCUT2D eigenvalue weighted by molar-refractivity contribution is 7.91. The molecule has 0 unspecified atom stereocenters. The Balaban J connectivity index is 2.31. The molecule has 0 aliphatic heterocycles. The number of imidazole rings is 1. The highest BCUT2D eigenvalue weighted by Gasteiger charge is 2.21. The van der Waals surface area contributed by atoms with Crippen LogP contribution < -0.4 is 0 Å². The molecule has 6 nitrogen and oxygen atoms in total. The van der Waals surface area contributed by atoms with E-state index < -0.39 is 9.84 Å². The zero-order valence-electron chi connectivity index (χ0n) is 12.2. The first-order valence-corrected chi connectivity index (χ1v) is 8.43. The Hall–Kier alpha value is -2.41. The van der Waals surface area contributed by atoms with Gasteiger partial charge in [-0.3, -0.25) is 0 Å². The van der Waals surface area contributed by atoms with E-state index in [0.29, 0.717) is 22.6 Å². The zero-order chi connectivity index (χ0) is 15.9. The second kappa shape index (κ2) is 5.10. The fraction of sp³-hybridized carbons (Fsp3) is 0.200. The number of hydrogen-bond donors (Lipinski definition) is 1. The van der Waals surface area contributed by atoms with Crippen LogP contribution in [0.4, 0.5) is 0 Å². The summed E-state index contributed by atoms with van der Waals surface area (Å²) < 4.78 is 26.3. The van der Waals surface area contributed by atoms with Crippen molar-refractivity contribution in [2.24, 2.45) is 7.05 Å². The number of hydrogen-bond acceptors (Lipinski definition) is 5. The summed E-state index contributed by atoms with van der Waals surface area (Å²) in [7, 11) is -1.59. The van der Waals surface area contributed by atoms with E-state index in [4.69, 9.17) is 0 Å². The van der Waals surface area contributed by atoms with Gasteiger partial charge in [0.15, 0.2) is 15.5 Å². The van der Waals surface area contributed by atoms with E-state index in [-0.39, 0.29) is 16.4 Å². The van der Waals surface area contributed by atoms with Crippen molar-refractivity contribution in [2.75, 3.05) is 5.75 Å². The van der Waals surface area contributed by atoms with Crippen molar-refractivity contribution in [2.45, 2.75) is 11.8 Å². The van der Waals surface area contributed by atoms with Gasteiger partial charge in [-0.05, 0) is 12.1 Å². The van der Waals surface area contributed by atoms with Gasteiger partial charge in [0.25, 0.3) is 0 Å². The number of aromatic nitrogens is 3. The van der Waals surface area contributed by atoms with E-state index in [0.717, 1.165) is 0 Å². The van der Waals surface area contributed by atoms with Crippen LogP contribution in [0.15, 0.2) is 41.4 Å². The maximum atomic E-state index is 12.3. The molecular formula is C15H15N3O3S. The minimum Gasteiger partial charge on any atom is -0.506 e. The zero-order valence-corrected chi connectivity index (χ0v) is 13.0. The van der Waals surface area contributed by atoms with Crippen LogP contribution in [0.5, 0.6) is 5.75 Å². The normalized spacial score (nSPS) is 11.9. The van der Waals surface area contributed by atoms with E-state index in [1.807, 2.05) is 0 Å². The third kappa shape index (κ3) is 2.23. The number of aromatic hydroxyl groups is 1. The largest absolute Gasteiger partial charge is 0.506 e. The number of pyridine rings is 1. The van der Waals surface area contributed by atoms with E-state index in [1.165, 1.54) is 12.3 Å². The Morgan fingerprint density at radius 3 is 2.73 bits per heavy atom. The molecule has 114 valence electrons. The first-order valence-electron chi connectivity index (χ1n) is 6.77. The van der Waals surface area contributed by atoms with Crippen molar-refractivity contribution >= 4 is 21.0 Å². The standard InChI is InChI=1S/C15H15N3O3S/c1-3-22(20,21)13-7-5-4-6-11(13)14-17-12-8-10(19)9-16-15(12)18(14)2/h4-9,19H,3H2,1-2H3. The molecule has 3 rings (SSSR count). The lowest BCUT2D eigenvalue weighted by atomic mass is 10.2. The van der Waals surface area contributed by atoms with Gasteiger partial charge in [0.1, 0.15) is 17.1 Å². The summed E-state index contributed by atoms with van der Waals surface area (Å²) in [5.41, 5.74) is 1.63. The second-order valence-corrected chi connectivity index (χ2v) is 7.18. The van der Waals surface area contributed by atoms with E-state index in [9.17, 15) is 13.5 Å². The second-order valence-electron chi connectivity index (χ2n) is 4.93. The molecule has 0 aliphatic rings. The lowest BCUT2D eigenvalue weighted by Gasteiger charge is -2.09. The summed E-state index contributed by atoms with van der Waals surface area (Å²) in [6.07, 6.45) is 1.34. The van der Waals surface area contributed by atoms with Crippen molar-refractivity contribution in [1.29, 1.82) is 0 Å². The molecule has 0 aliphatic carbocycles. The van der Waals surface area contributed by atoms with Gasteiger partial charge in [-0.15, -0.1) is 0 Å². The van der Waals surface area contributed by atoms with E-state index in [2.05, 4.69) is 9.97 Å². The summed E-state index contributed by atoms with van der Waals surface area (Å²) in [5, 5.41) is 9.52. The van der Waals surface area contributed by atoms with Crippen LogP contribution in [0.25, 0.3) is 22.6 Å². The average molecular weight is 317 g/mol. The fourth-order valence-corrected chi connectivity index (χ4v) is 3.48. The summed E-state index contributed by atoms with van der Waals surface area (Å²) in [5.74, 6) is 0.542. The predicted octanol–water partition coefficient (Wildman–Crippen LogP) is 2.13. The molecule has 7 heteroatoms. The Kier molecular flexibility index (Phi) is 3.37. The summed E-state index contributed by atoms with van der Waals surface area (Å²) >= 11 is 0. The van der Waals surface area contributed by atoms with Crippen LogP contribution in [0.1, 0.15) is 6.92 Å². The Labute approximate surface area is 128 Å². The van der Waals surface area contributed by atoms with Gasteiger partial charge in [-0.2, -0.15) is 0 Å². The molecule has 0 atom stereocenters. The summed E-state index contributed by atoms with van der Waals surface area (Å²) in [6, 6.07) is 8.28. The van der Waals surface area contributed by atoms with Crippen LogP contribution in [0.3, 0.4) is 0 Å². The number of rotatable bonds is 3. The van der Waals surface area contributed by atoms with Crippen molar-refractivity contribution in [3.63, 3.8) is 0 Å². The van der Waals surface area contributed by atoms with E-state index >= 15 is 0 Å². The summed E-state index contributed by atoms with van der Waals surface area (Å²) in [6.45, 7) is 1.61. The van der Waals surface area contributed by atoms with Crippen LogP contribution in [-0.2, 0) is 16.9 Å². The molecule has 2 aromatic heterocycles. The van der Waals surface area contributed by atoms with Gasteiger partial charge in [0, 0.05) is 18.7 Å². The first kappa shape index (κ1) is 14.5. The highest BCUT2D eigenvalue weighted by Crippen LogP contribution is 2.29. The topological polar surface area (TPSA) is 85.1 Å². The number of benzene rings is 1. The van der Waals surface area contributed by atoms with Crippen molar-refractivity contribution < 1.29 is 13.5 Å². The molecular weight excluding hydrogens is 302 g/mol. The average Bonchev–Trinajstić information content (AvgIpc) is 2.83. The molecule has 0 fully saturated rings. The maximum absolute atomic E-state index is 12.3. The Morgan fingerprint density at radius 2 is 2.00 bits per heavy atom. The molecule has 2 heterocycles. The number of aryl methyl sites for hydroxylation is 1. The monoisotopic (exact) mass is 317 g/mol. The quantitative estimate of drug-likeness (QED) is 0.800. The van der Waals surface area contributed by atoms with Gasteiger partial charge < -0.3 is 9.67 Å². The van der Waals surface area contributed by atoms with Crippen LogP contribution >= 0.6 is 0 Å². The molecule has 0 saturated heterocycles. The van der Waals surface area contributed by atoms with Crippen LogP contribution in [0.2, 0.25) is 0 Å². The Morgan fingerprint density at radius 1 is 1.27 bits per heavy atom. The molecule has 0 radical (unpaired) electrons. The van der Waals surface area contributed by atoms with Crippen molar-refractivity contribution in [3.8, 4) is 17.1 Å². The number of nitrogens with zero attached hydrogens (tertiary/aromatic N) is 3. The van der Waals surface area contributed by atoms with Gasteiger partial charge >= 0.3 is 0 Å². The van der Waals surface area contributed by atoms with Crippen molar-refractivity contribution in [3.05, 3.63) is 36.5 Å². The smallest absolute Gasteiger partial charge is 0.178 e. The highest BCUT2D eigenvalue weighted by atomic mass is 32.2. The lowest BCUT2D eigenvalue weighted by Crippen LogP contribution is -2.07. The maximum Gasteiger partial charge on any atom is 0.178 e. The fourth-order valence-electron chi connectivity index (χ4n) is 2.38. The van der Waals surface area contributed by atoms with Gasteiger partial charge in [0.05, 0.1) is 16.8 Å². The number of sulfone groups is 1. The predicted molar refractivity (Wildman–Crippen MR) is 83.3 cm³/mol. The molecule has 22 heavy (non-hydrogen) atoms. The molecule has 0 amide bonds. The SMILES string of the molecule is CCS(=O)(=O)c1ccccc1-c1nc2cc(O)cnc2n1C. The van der Waals surface area contributed by atoms with Gasteiger partial charge in [-0.25, -0.2) is 18.4 Å². The third-order valence-electron chi connectivity index (χ3n) is 3.54. The van der Waals surface area contributed by atoms with Crippen molar-refractivity contribution in [1.82, 2.24) is 14.5 Å². The molecule has 0 spiro atoms. The molecule has 1 N–H and O–H groups in total. The van der Waals surface area contributed by atoms with Gasteiger partial charge in [-0.1, -0.05) is 19.1 Å². The minimum absolute atomic E-state index is 0.0200. The first-order chi connectivity index (χ1) is 10.4. The molecule has 0 saturated carbocycles. The van der Waals surface area contributed by atoms with Crippen LogP contribution in [-0.4, -0.2) is 33.8 Å². The Bertz CT molecular complexity index is 961.